The molecule has 2 nitrogen and oxygen atoms in total. The first-order chi connectivity index (χ1) is 3.43. The van der Waals surface area contributed by atoms with Gasteiger partial charge in [0.1, 0.15) is 0 Å². The zero-order valence-electron chi connectivity index (χ0n) is 4.15. The van der Waals surface area contributed by atoms with Crippen molar-refractivity contribution >= 4 is 8.37 Å². The Bertz CT molecular complexity index is 68.1. The Morgan fingerprint density at radius 2 is 2.57 bits per heavy atom. The predicted molar refractivity (Wildman–Crippen MR) is 30.9 cm³/mol. The Labute approximate surface area is 45.0 Å². The SMILES string of the molecule is N=PC1CCNC1. The van der Waals surface area contributed by atoms with E-state index >= 15 is 0 Å². The molecule has 1 fully saturated rings. The molecule has 0 aromatic heterocycles. The molecule has 0 bridgehead atoms. The summed E-state index contributed by atoms with van der Waals surface area (Å²) in [6.07, 6.45) is 1.20. The van der Waals surface area contributed by atoms with E-state index in [0.29, 0.717) is 5.66 Å². The lowest BCUT2D eigenvalue weighted by Crippen LogP contribution is -2.07. The molecule has 0 aromatic rings. The molecule has 40 valence electrons. The van der Waals surface area contributed by atoms with E-state index in [4.69, 9.17) is 5.16 Å². The normalized spacial score (nSPS) is 31.7. The van der Waals surface area contributed by atoms with Crippen molar-refractivity contribution in [3.8, 4) is 0 Å². The van der Waals surface area contributed by atoms with Gasteiger partial charge in [-0.15, -0.1) is 0 Å². The smallest absolute Gasteiger partial charge is 0.0317 e. The molecule has 0 aliphatic carbocycles. The lowest BCUT2D eigenvalue weighted by Gasteiger charge is -1.91. The van der Waals surface area contributed by atoms with Gasteiger partial charge in [-0.05, 0) is 13.0 Å². The fourth-order valence-corrected chi connectivity index (χ4v) is 1.23. The van der Waals surface area contributed by atoms with Crippen LogP contribution < -0.4 is 5.32 Å². The third-order valence-corrected chi connectivity index (χ3v) is 2.02. The summed E-state index contributed by atoms with van der Waals surface area (Å²) in [5.74, 6) is 0. The Morgan fingerprint density at radius 3 is 2.86 bits per heavy atom. The van der Waals surface area contributed by atoms with Crippen molar-refractivity contribution in [2.75, 3.05) is 13.1 Å². The van der Waals surface area contributed by atoms with Crippen molar-refractivity contribution in [2.24, 2.45) is 0 Å². The zero-order valence-corrected chi connectivity index (χ0v) is 5.04. The van der Waals surface area contributed by atoms with Crippen LogP contribution in [0, 0.1) is 5.16 Å². The molecule has 0 aromatic carbocycles. The summed E-state index contributed by atoms with van der Waals surface area (Å²) in [6.45, 7) is 2.18. The molecule has 1 atom stereocenters. The molecule has 1 aliphatic rings. The first-order valence-electron chi connectivity index (χ1n) is 2.51. The summed E-state index contributed by atoms with van der Waals surface area (Å²) in [5, 5.41) is 10.1. The summed E-state index contributed by atoms with van der Waals surface area (Å²) in [7, 11) is 0.809. The van der Waals surface area contributed by atoms with Gasteiger partial charge in [0.25, 0.3) is 0 Å². The van der Waals surface area contributed by atoms with Crippen molar-refractivity contribution in [2.45, 2.75) is 12.1 Å². The van der Waals surface area contributed by atoms with Crippen molar-refractivity contribution in [1.29, 1.82) is 5.16 Å². The van der Waals surface area contributed by atoms with Crippen molar-refractivity contribution < 1.29 is 0 Å². The van der Waals surface area contributed by atoms with E-state index in [9.17, 15) is 0 Å². The zero-order chi connectivity index (χ0) is 5.11. The molecule has 7 heavy (non-hydrogen) atoms. The highest BCUT2D eigenvalue weighted by molar-refractivity contribution is 7.26. The van der Waals surface area contributed by atoms with Crippen LogP contribution in [0.25, 0.3) is 0 Å². The molecule has 1 rings (SSSR count). The quantitative estimate of drug-likeness (QED) is 0.493. The van der Waals surface area contributed by atoms with E-state index in [1.165, 1.54) is 6.42 Å². The van der Waals surface area contributed by atoms with Crippen molar-refractivity contribution in [1.82, 2.24) is 5.32 Å². The maximum absolute atomic E-state index is 6.93. The van der Waals surface area contributed by atoms with E-state index in [0.717, 1.165) is 21.5 Å². The fourth-order valence-electron chi connectivity index (χ4n) is 0.750. The summed E-state index contributed by atoms with van der Waals surface area (Å²) in [4.78, 5) is 0. The molecule has 0 saturated carbocycles. The molecule has 1 aliphatic heterocycles. The van der Waals surface area contributed by atoms with Crippen LogP contribution in [0.5, 0.6) is 0 Å². The average Bonchev–Trinajstić information content (AvgIpc) is 2.14. The van der Waals surface area contributed by atoms with Crippen LogP contribution >= 0.6 is 8.37 Å². The molecule has 1 heterocycles. The van der Waals surface area contributed by atoms with Gasteiger partial charge >= 0.3 is 0 Å². The standard InChI is InChI=1S/C4H9N2P/c5-7-4-1-2-6-3-4/h4-6H,1-3H2. The minimum atomic E-state index is 0.625. The maximum atomic E-state index is 6.93. The topological polar surface area (TPSA) is 35.9 Å². The van der Waals surface area contributed by atoms with E-state index in [-0.39, 0.29) is 0 Å². The van der Waals surface area contributed by atoms with E-state index < -0.39 is 0 Å². The molecule has 2 N–H and O–H groups in total. The minimum absolute atomic E-state index is 0.625. The van der Waals surface area contributed by atoms with Gasteiger partial charge in [-0.1, -0.05) is 0 Å². The molecular formula is C4H9N2P. The highest BCUT2D eigenvalue weighted by Gasteiger charge is 2.10. The number of hydrogen-bond acceptors (Lipinski definition) is 2. The lowest BCUT2D eigenvalue weighted by atomic mass is 10.4. The van der Waals surface area contributed by atoms with Gasteiger partial charge in [-0.25, -0.2) is 0 Å². The first kappa shape index (κ1) is 5.20. The Morgan fingerprint density at radius 1 is 1.71 bits per heavy atom. The average molecular weight is 116 g/mol. The summed E-state index contributed by atoms with van der Waals surface area (Å²) >= 11 is 0. The van der Waals surface area contributed by atoms with Gasteiger partial charge in [-0.3, -0.25) is 5.16 Å². The van der Waals surface area contributed by atoms with E-state index in [1.807, 2.05) is 0 Å². The number of nitrogens with one attached hydrogen (secondary N) is 2. The molecular weight excluding hydrogens is 107 g/mol. The minimum Gasteiger partial charge on any atom is -0.316 e. The Hall–Kier alpha value is 0.0600. The van der Waals surface area contributed by atoms with Gasteiger partial charge in [0.2, 0.25) is 0 Å². The highest BCUT2D eigenvalue weighted by atomic mass is 31.1. The van der Waals surface area contributed by atoms with Crippen LogP contribution in [0.15, 0.2) is 0 Å². The second-order valence-electron chi connectivity index (χ2n) is 1.78. The van der Waals surface area contributed by atoms with Gasteiger partial charge in [0.15, 0.2) is 0 Å². The van der Waals surface area contributed by atoms with E-state index in [2.05, 4.69) is 5.32 Å². The lowest BCUT2D eigenvalue weighted by molar-refractivity contribution is 0.858. The van der Waals surface area contributed by atoms with Gasteiger partial charge in [-0.2, -0.15) is 0 Å². The van der Waals surface area contributed by atoms with Crippen molar-refractivity contribution in [3.05, 3.63) is 0 Å². The van der Waals surface area contributed by atoms with Crippen molar-refractivity contribution in [3.63, 3.8) is 0 Å². The largest absolute Gasteiger partial charge is 0.316 e. The fraction of sp³-hybridized carbons (Fsp3) is 1.00. The van der Waals surface area contributed by atoms with Crippen LogP contribution in [0.4, 0.5) is 0 Å². The molecule has 0 spiro atoms. The number of hydrogen-bond donors (Lipinski definition) is 2. The highest BCUT2D eigenvalue weighted by Crippen LogP contribution is 2.13. The molecule has 1 unspecified atom stereocenters. The summed E-state index contributed by atoms with van der Waals surface area (Å²) < 4.78 is 0. The van der Waals surface area contributed by atoms with Gasteiger partial charge < -0.3 is 5.32 Å². The van der Waals surface area contributed by atoms with Gasteiger partial charge in [0.05, 0.1) is 0 Å². The van der Waals surface area contributed by atoms with Crippen LogP contribution in [0.2, 0.25) is 0 Å². The molecule has 3 heteroatoms. The monoisotopic (exact) mass is 116 g/mol. The maximum Gasteiger partial charge on any atom is 0.0317 e. The summed E-state index contributed by atoms with van der Waals surface area (Å²) in [6, 6.07) is 0. The van der Waals surface area contributed by atoms with E-state index in [1.54, 1.807) is 0 Å². The second kappa shape index (κ2) is 2.39. The second-order valence-corrected chi connectivity index (χ2v) is 2.76. The number of rotatable bonds is 1. The summed E-state index contributed by atoms with van der Waals surface area (Å²) in [5.41, 5.74) is 0.625. The predicted octanol–water partition coefficient (Wildman–Crippen LogP) is 1.06. The molecule has 0 radical (unpaired) electrons. The third kappa shape index (κ3) is 1.22. The van der Waals surface area contributed by atoms with Crippen LogP contribution in [-0.2, 0) is 0 Å². The molecule has 0 amide bonds. The van der Waals surface area contributed by atoms with Crippen LogP contribution in [0.1, 0.15) is 6.42 Å². The molecule has 1 saturated heterocycles. The Kier molecular flexibility index (Phi) is 1.77. The van der Waals surface area contributed by atoms with Gasteiger partial charge in [0, 0.05) is 20.6 Å². The van der Waals surface area contributed by atoms with Crippen LogP contribution in [0.3, 0.4) is 0 Å². The van der Waals surface area contributed by atoms with Crippen LogP contribution in [-0.4, -0.2) is 18.7 Å². The third-order valence-electron chi connectivity index (χ3n) is 1.22. The first-order valence-corrected chi connectivity index (χ1v) is 3.47. The Balaban J connectivity index is 2.26.